The number of nitrogens with one attached hydrogen (secondary N) is 2. The normalized spacial score (nSPS) is 11.0. The lowest BCUT2D eigenvalue weighted by Crippen LogP contribution is -2.19. The predicted molar refractivity (Wildman–Crippen MR) is 126 cm³/mol. The van der Waals surface area contributed by atoms with Gasteiger partial charge in [-0.3, -0.25) is 9.59 Å². The summed E-state index contributed by atoms with van der Waals surface area (Å²) < 4.78 is 0. The zero-order valence-corrected chi connectivity index (χ0v) is 18.5. The zero-order valence-electron chi connectivity index (χ0n) is 18.5. The molecule has 0 saturated carbocycles. The molecule has 3 aromatic carbocycles. The summed E-state index contributed by atoms with van der Waals surface area (Å²) in [6, 6.07) is 18.6. The minimum Gasteiger partial charge on any atom is -0.478 e. The monoisotopic (exact) mass is 430 g/mol. The molecule has 0 atom stereocenters. The first-order valence-electron chi connectivity index (χ1n) is 10.2. The Kier molecular flexibility index (Phi) is 6.44. The van der Waals surface area contributed by atoms with Gasteiger partial charge in [-0.1, -0.05) is 51.1 Å². The third-order valence-electron chi connectivity index (χ3n) is 5.17. The Morgan fingerprint density at radius 3 is 1.97 bits per heavy atom. The molecule has 164 valence electrons. The molecule has 2 amide bonds. The van der Waals surface area contributed by atoms with Crippen molar-refractivity contribution >= 4 is 29.2 Å². The first-order chi connectivity index (χ1) is 15.1. The number of rotatable bonds is 5. The van der Waals surface area contributed by atoms with Crippen molar-refractivity contribution in [3.05, 3.63) is 94.5 Å². The van der Waals surface area contributed by atoms with Crippen molar-refractivity contribution < 1.29 is 19.5 Å². The number of para-hydroxylation sites is 1. The number of benzene rings is 3. The number of anilines is 2. The molecule has 0 saturated heterocycles. The topological polar surface area (TPSA) is 95.5 Å². The Balaban J connectivity index is 1.81. The third-order valence-corrected chi connectivity index (χ3v) is 5.17. The van der Waals surface area contributed by atoms with Crippen LogP contribution in [0.5, 0.6) is 0 Å². The Bertz CT molecular complexity index is 1180. The smallest absolute Gasteiger partial charge is 0.335 e. The first-order valence-corrected chi connectivity index (χ1v) is 10.2. The number of carboxylic acid groups (broad SMARTS) is 1. The lowest BCUT2D eigenvalue weighted by molar-refractivity contribution is 0.0696. The van der Waals surface area contributed by atoms with Gasteiger partial charge in [0, 0.05) is 11.3 Å². The fourth-order valence-corrected chi connectivity index (χ4v) is 3.19. The van der Waals surface area contributed by atoms with Gasteiger partial charge in [-0.25, -0.2) is 4.79 Å². The second-order valence-corrected chi connectivity index (χ2v) is 8.62. The Morgan fingerprint density at radius 1 is 0.750 bits per heavy atom. The molecule has 0 heterocycles. The molecule has 0 aliphatic carbocycles. The molecule has 3 rings (SSSR count). The SMILES string of the molecule is Cc1ccc(C(=O)O)cc1NC(=O)c1ccccc1NC(=O)c1ccc(C(C)(C)C)cc1. The van der Waals surface area contributed by atoms with Gasteiger partial charge in [0.1, 0.15) is 0 Å². The van der Waals surface area contributed by atoms with Gasteiger partial charge in [0.25, 0.3) is 11.8 Å². The summed E-state index contributed by atoms with van der Waals surface area (Å²) in [6.07, 6.45) is 0. The molecule has 0 aromatic heterocycles. The molecule has 0 unspecified atom stereocenters. The van der Waals surface area contributed by atoms with E-state index < -0.39 is 11.9 Å². The van der Waals surface area contributed by atoms with Crippen LogP contribution in [0.25, 0.3) is 0 Å². The van der Waals surface area contributed by atoms with Crippen molar-refractivity contribution in [1.82, 2.24) is 0 Å². The molecule has 0 bridgehead atoms. The number of hydrogen-bond acceptors (Lipinski definition) is 3. The summed E-state index contributed by atoms with van der Waals surface area (Å²) in [5.41, 5.74) is 3.42. The van der Waals surface area contributed by atoms with E-state index in [1.165, 1.54) is 12.1 Å². The first kappa shape index (κ1) is 22.7. The number of amides is 2. The van der Waals surface area contributed by atoms with Crippen molar-refractivity contribution in [2.75, 3.05) is 10.6 Å². The number of aryl methyl sites for hydroxylation is 1. The maximum absolute atomic E-state index is 12.9. The predicted octanol–water partition coefficient (Wildman–Crippen LogP) is 5.50. The van der Waals surface area contributed by atoms with Crippen LogP contribution in [0.2, 0.25) is 0 Å². The fourth-order valence-electron chi connectivity index (χ4n) is 3.19. The fraction of sp³-hybridized carbons (Fsp3) is 0.192. The summed E-state index contributed by atoms with van der Waals surface area (Å²) >= 11 is 0. The number of carbonyl (C=O) groups excluding carboxylic acids is 2. The summed E-state index contributed by atoms with van der Waals surface area (Å²) in [5.74, 6) is -1.85. The lowest BCUT2D eigenvalue weighted by atomic mass is 9.86. The molecule has 3 aromatic rings. The second-order valence-electron chi connectivity index (χ2n) is 8.62. The van der Waals surface area contributed by atoms with Crippen LogP contribution < -0.4 is 10.6 Å². The van der Waals surface area contributed by atoms with Crippen molar-refractivity contribution in [1.29, 1.82) is 0 Å². The summed E-state index contributed by atoms with van der Waals surface area (Å²) in [4.78, 5) is 37.0. The summed E-state index contributed by atoms with van der Waals surface area (Å²) in [5, 5.41) is 14.8. The van der Waals surface area contributed by atoms with Crippen LogP contribution in [-0.2, 0) is 5.41 Å². The maximum Gasteiger partial charge on any atom is 0.335 e. The number of carbonyl (C=O) groups is 3. The van der Waals surface area contributed by atoms with E-state index in [1.807, 2.05) is 12.1 Å². The molecule has 3 N–H and O–H groups in total. The standard InChI is InChI=1S/C26H26N2O4/c1-16-9-10-18(25(31)32)15-22(16)28-24(30)20-7-5-6-8-21(20)27-23(29)17-11-13-19(14-12-17)26(2,3)4/h5-15H,1-4H3,(H,27,29)(H,28,30)(H,31,32). The van der Waals surface area contributed by atoms with Gasteiger partial charge in [0.05, 0.1) is 16.8 Å². The van der Waals surface area contributed by atoms with Crippen LogP contribution >= 0.6 is 0 Å². The van der Waals surface area contributed by atoms with Gasteiger partial charge in [0.2, 0.25) is 0 Å². The van der Waals surface area contributed by atoms with Gasteiger partial charge < -0.3 is 15.7 Å². The number of carboxylic acids is 1. The van der Waals surface area contributed by atoms with Crippen LogP contribution in [0, 0.1) is 6.92 Å². The molecule has 0 aliphatic rings. The Labute approximate surface area is 187 Å². The van der Waals surface area contributed by atoms with Gasteiger partial charge in [-0.15, -0.1) is 0 Å². The van der Waals surface area contributed by atoms with Gasteiger partial charge >= 0.3 is 5.97 Å². The van der Waals surface area contributed by atoms with Crippen LogP contribution in [0.4, 0.5) is 11.4 Å². The van der Waals surface area contributed by atoms with Gasteiger partial charge in [-0.2, -0.15) is 0 Å². The number of hydrogen-bond donors (Lipinski definition) is 3. The molecule has 0 aliphatic heterocycles. The van der Waals surface area contributed by atoms with E-state index >= 15 is 0 Å². The number of aromatic carboxylic acids is 1. The minimum atomic E-state index is -1.08. The molecular formula is C26H26N2O4. The van der Waals surface area contributed by atoms with E-state index in [0.29, 0.717) is 16.9 Å². The van der Waals surface area contributed by atoms with E-state index in [1.54, 1.807) is 49.4 Å². The average Bonchev–Trinajstić information content (AvgIpc) is 2.75. The van der Waals surface area contributed by atoms with E-state index in [-0.39, 0.29) is 22.4 Å². The Hall–Kier alpha value is -3.93. The molecule has 0 radical (unpaired) electrons. The highest BCUT2D eigenvalue weighted by Gasteiger charge is 2.17. The van der Waals surface area contributed by atoms with Gasteiger partial charge in [-0.05, 0) is 59.9 Å². The quantitative estimate of drug-likeness (QED) is 0.498. The van der Waals surface area contributed by atoms with Crippen LogP contribution in [0.1, 0.15) is 63.0 Å². The van der Waals surface area contributed by atoms with Crippen molar-refractivity contribution in [3.8, 4) is 0 Å². The van der Waals surface area contributed by atoms with Crippen LogP contribution in [0.15, 0.2) is 66.7 Å². The highest BCUT2D eigenvalue weighted by Crippen LogP contribution is 2.24. The van der Waals surface area contributed by atoms with Crippen molar-refractivity contribution in [2.45, 2.75) is 33.1 Å². The maximum atomic E-state index is 12.9. The van der Waals surface area contributed by atoms with E-state index in [0.717, 1.165) is 11.1 Å². The summed E-state index contributed by atoms with van der Waals surface area (Å²) in [7, 11) is 0. The summed E-state index contributed by atoms with van der Waals surface area (Å²) in [6.45, 7) is 8.08. The third kappa shape index (κ3) is 5.21. The second kappa shape index (κ2) is 9.06. The zero-order chi connectivity index (χ0) is 23.5. The van der Waals surface area contributed by atoms with E-state index in [4.69, 9.17) is 0 Å². The van der Waals surface area contributed by atoms with E-state index in [9.17, 15) is 19.5 Å². The van der Waals surface area contributed by atoms with Crippen molar-refractivity contribution in [2.24, 2.45) is 0 Å². The Morgan fingerprint density at radius 2 is 1.34 bits per heavy atom. The molecule has 6 heteroatoms. The molecule has 0 spiro atoms. The largest absolute Gasteiger partial charge is 0.478 e. The van der Waals surface area contributed by atoms with Crippen LogP contribution in [0.3, 0.4) is 0 Å². The highest BCUT2D eigenvalue weighted by molar-refractivity contribution is 6.12. The minimum absolute atomic E-state index is 0.0181. The molecule has 32 heavy (non-hydrogen) atoms. The van der Waals surface area contributed by atoms with Crippen molar-refractivity contribution in [3.63, 3.8) is 0 Å². The molecule has 6 nitrogen and oxygen atoms in total. The molecule has 0 fully saturated rings. The van der Waals surface area contributed by atoms with Gasteiger partial charge in [0.15, 0.2) is 0 Å². The molecular weight excluding hydrogens is 404 g/mol. The highest BCUT2D eigenvalue weighted by atomic mass is 16.4. The average molecular weight is 431 g/mol. The van der Waals surface area contributed by atoms with E-state index in [2.05, 4.69) is 31.4 Å². The van der Waals surface area contributed by atoms with Crippen LogP contribution in [-0.4, -0.2) is 22.9 Å². The lowest BCUT2D eigenvalue weighted by Gasteiger charge is -2.19.